The summed E-state index contributed by atoms with van der Waals surface area (Å²) in [5, 5.41) is 2.24. The molecule has 1 N–H and O–H groups in total. The average Bonchev–Trinajstić information content (AvgIpc) is 3.10. The number of nitrogens with one attached hydrogen (secondary N) is 1. The van der Waals surface area contributed by atoms with Gasteiger partial charge in [0.15, 0.2) is 11.5 Å². The van der Waals surface area contributed by atoms with Crippen LogP contribution in [-0.4, -0.2) is 55.3 Å². The van der Waals surface area contributed by atoms with E-state index in [0.29, 0.717) is 28.3 Å². The standard InChI is InChI=1S/C24H24N2O7S/c1-4-33-23(29)16-6-8-17(9-7-16)25-21(27)11-12-26-22(28)20(34-24(26)30)14-15-5-10-18(31-2)19(13-15)32-3/h5-10,13-14H,4,11-12H2,1-3H3,(H,25,27)/b20-14+. The summed E-state index contributed by atoms with van der Waals surface area (Å²) in [4.78, 5) is 50.4. The predicted molar refractivity (Wildman–Crippen MR) is 128 cm³/mol. The van der Waals surface area contributed by atoms with Crippen molar-refractivity contribution in [1.29, 1.82) is 0 Å². The number of anilines is 1. The third-order valence-corrected chi connectivity index (χ3v) is 5.73. The number of amides is 3. The van der Waals surface area contributed by atoms with E-state index in [4.69, 9.17) is 14.2 Å². The van der Waals surface area contributed by atoms with Crippen LogP contribution in [0.15, 0.2) is 47.4 Å². The van der Waals surface area contributed by atoms with E-state index in [1.807, 2.05) is 0 Å². The Kier molecular flexibility index (Phi) is 8.31. The van der Waals surface area contributed by atoms with Gasteiger partial charge in [0.25, 0.3) is 11.1 Å². The second kappa shape index (κ2) is 11.4. The summed E-state index contributed by atoms with van der Waals surface area (Å²) < 4.78 is 15.4. The molecule has 1 saturated heterocycles. The van der Waals surface area contributed by atoms with E-state index in [1.54, 1.807) is 55.5 Å². The molecule has 0 saturated carbocycles. The van der Waals surface area contributed by atoms with Gasteiger partial charge in [0.2, 0.25) is 5.91 Å². The van der Waals surface area contributed by atoms with Gasteiger partial charge >= 0.3 is 5.97 Å². The predicted octanol–water partition coefficient (Wildman–Crippen LogP) is 3.95. The van der Waals surface area contributed by atoms with Crippen LogP contribution in [0.2, 0.25) is 0 Å². The summed E-state index contributed by atoms with van der Waals surface area (Å²) in [6.07, 6.45) is 1.53. The Bertz CT molecular complexity index is 1130. The fourth-order valence-electron chi connectivity index (χ4n) is 3.13. The van der Waals surface area contributed by atoms with Crippen molar-refractivity contribution in [1.82, 2.24) is 4.90 Å². The Labute approximate surface area is 201 Å². The van der Waals surface area contributed by atoms with Crippen LogP contribution < -0.4 is 14.8 Å². The van der Waals surface area contributed by atoms with Crippen LogP contribution in [-0.2, 0) is 14.3 Å². The number of methoxy groups -OCH3 is 2. The number of imide groups is 1. The van der Waals surface area contributed by atoms with Crippen molar-refractivity contribution in [2.45, 2.75) is 13.3 Å². The van der Waals surface area contributed by atoms with Crippen LogP contribution in [0.25, 0.3) is 6.08 Å². The van der Waals surface area contributed by atoms with Crippen molar-refractivity contribution in [3.63, 3.8) is 0 Å². The molecule has 1 fully saturated rings. The van der Waals surface area contributed by atoms with Crippen LogP contribution in [0.3, 0.4) is 0 Å². The molecule has 1 aliphatic rings. The molecule has 1 heterocycles. The minimum absolute atomic E-state index is 0.0549. The third-order valence-electron chi connectivity index (χ3n) is 4.82. The first-order chi connectivity index (χ1) is 16.4. The maximum absolute atomic E-state index is 12.7. The van der Waals surface area contributed by atoms with Crippen molar-refractivity contribution in [3.8, 4) is 11.5 Å². The molecule has 3 amide bonds. The van der Waals surface area contributed by atoms with E-state index in [2.05, 4.69) is 5.32 Å². The van der Waals surface area contributed by atoms with Gasteiger partial charge in [0.1, 0.15) is 0 Å². The fraction of sp³-hybridized carbons (Fsp3) is 0.250. The van der Waals surface area contributed by atoms with Crippen LogP contribution in [0.4, 0.5) is 10.5 Å². The number of benzene rings is 2. The van der Waals surface area contributed by atoms with Gasteiger partial charge in [0, 0.05) is 18.7 Å². The molecular weight excluding hydrogens is 460 g/mol. The van der Waals surface area contributed by atoms with E-state index < -0.39 is 17.1 Å². The smallest absolute Gasteiger partial charge is 0.338 e. The van der Waals surface area contributed by atoms with E-state index in [0.717, 1.165) is 16.7 Å². The van der Waals surface area contributed by atoms with Gasteiger partial charge in [-0.05, 0) is 66.7 Å². The van der Waals surface area contributed by atoms with E-state index in [1.165, 1.54) is 14.2 Å². The topological polar surface area (TPSA) is 111 Å². The molecule has 0 spiro atoms. The Morgan fingerprint density at radius 2 is 1.74 bits per heavy atom. The average molecular weight is 485 g/mol. The number of rotatable bonds is 9. The molecule has 0 aliphatic carbocycles. The van der Waals surface area contributed by atoms with Crippen LogP contribution >= 0.6 is 11.8 Å². The van der Waals surface area contributed by atoms with Gasteiger partial charge in [-0.25, -0.2) is 4.79 Å². The van der Waals surface area contributed by atoms with Crippen molar-refractivity contribution in [2.24, 2.45) is 0 Å². The minimum atomic E-state index is -0.462. The molecule has 0 atom stereocenters. The molecule has 0 unspecified atom stereocenters. The van der Waals surface area contributed by atoms with E-state index >= 15 is 0 Å². The van der Waals surface area contributed by atoms with Crippen molar-refractivity contribution >= 4 is 46.5 Å². The number of carbonyl (C=O) groups is 4. The molecule has 0 radical (unpaired) electrons. The summed E-state index contributed by atoms with van der Waals surface area (Å²) in [6, 6.07) is 11.4. The Hall–Kier alpha value is -3.79. The van der Waals surface area contributed by atoms with Crippen molar-refractivity contribution in [3.05, 3.63) is 58.5 Å². The summed E-state index contributed by atoms with van der Waals surface area (Å²) >= 11 is 0.815. The number of hydrogen-bond acceptors (Lipinski definition) is 8. The van der Waals surface area contributed by atoms with Gasteiger partial charge in [-0.1, -0.05) is 6.07 Å². The van der Waals surface area contributed by atoms with E-state index in [9.17, 15) is 19.2 Å². The number of hydrogen-bond donors (Lipinski definition) is 1. The Morgan fingerprint density at radius 1 is 1.03 bits per heavy atom. The SMILES string of the molecule is CCOC(=O)c1ccc(NC(=O)CCN2C(=O)S/C(=C/c3ccc(OC)c(OC)c3)C2=O)cc1. The molecule has 0 bridgehead atoms. The first kappa shape index (κ1) is 24.8. The van der Waals surface area contributed by atoms with Crippen LogP contribution in [0, 0.1) is 0 Å². The normalized spacial score (nSPS) is 14.3. The maximum atomic E-state index is 12.7. The van der Waals surface area contributed by atoms with E-state index in [-0.39, 0.29) is 30.4 Å². The van der Waals surface area contributed by atoms with Gasteiger partial charge in [-0.15, -0.1) is 0 Å². The number of esters is 1. The molecule has 3 rings (SSSR count). The molecule has 10 heteroatoms. The van der Waals surface area contributed by atoms with Gasteiger partial charge in [-0.3, -0.25) is 19.3 Å². The number of nitrogens with zero attached hydrogens (tertiary/aromatic N) is 1. The summed E-state index contributed by atoms with van der Waals surface area (Å²) in [6.45, 7) is 1.94. The summed E-state index contributed by atoms with van der Waals surface area (Å²) in [5.74, 6) is -0.221. The molecule has 9 nitrogen and oxygen atoms in total. The molecule has 34 heavy (non-hydrogen) atoms. The third kappa shape index (κ3) is 5.96. The van der Waals surface area contributed by atoms with Crippen LogP contribution in [0.5, 0.6) is 11.5 Å². The Balaban J connectivity index is 1.58. The van der Waals surface area contributed by atoms with Gasteiger partial charge < -0.3 is 19.5 Å². The zero-order valence-corrected chi connectivity index (χ0v) is 19.8. The molecule has 178 valence electrons. The number of thioether (sulfide) groups is 1. The second-order valence-electron chi connectivity index (χ2n) is 7.04. The molecule has 2 aromatic carbocycles. The zero-order valence-electron chi connectivity index (χ0n) is 19.0. The number of carbonyl (C=O) groups excluding carboxylic acids is 4. The highest BCUT2D eigenvalue weighted by Gasteiger charge is 2.35. The van der Waals surface area contributed by atoms with Crippen LogP contribution in [0.1, 0.15) is 29.3 Å². The molecule has 1 aliphatic heterocycles. The molecular formula is C24H24N2O7S. The summed E-state index contributed by atoms with van der Waals surface area (Å²) in [5.41, 5.74) is 1.53. The lowest BCUT2D eigenvalue weighted by molar-refractivity contribution is -0.123. The minimum Gasteiger partial charge on any atom is -0.493 e. The van der Waals surface area contributed by atoms with Gasteiger partial charge in [-0.2, -0.15) is 0 Å². The van der Waals surface area contributed by atoms with Crippen molar-refractivity contribution in [2.75, 3.05) is 32.7 Å². The number of ether oxygens (including phenoxy) is 3. The highest BCUT2D eigenvalue weighted by molar-refractivity contribution is 8.18. The zero-order chi connectivity index (χ0) is 24.7. The highest BCUT2D eigenvalue weighted by Crippen LogP contribution is 2.34. The first-order valence-electron chi connectivity index (χ1n) is 10.4. The lowest BCUT2D eigenvalue weighted by atomic mass is 10.2. The largest absolute Gasteiger partial charge is 0.493 e. The monoisotopic (exact) mass is 484 g/mol. The Morgan fingerprint density at radius 3 is 2.38 bits per heavy atom. The highest BCUT2D eigenvalue weighted by atomic mass is 32.2. The lowest BCUT2D eigenvalue weighted by Crippen LogP contribution is -2.31. The lowest BCUT2D eigenvalue weighted by Gasteiger charge is -2.12. The quantitative estimate of drug-likeness (QED) is 0.421. The first-order valence-corrected chi connectivity index (χ1v) is 11.2. The fourth-order valence-corrected chi connectivity index (χ4v) is 3.99. The maximum Gasteiger partial charge on any atom is 0.338 e. The van der Waals surface area contributed by atoms with Crippen molar-refractivity contribution < 1.29 is 33.4 Å². The second-order valence-corrected chi connectivity index (χ2v) is 8.04. The molecule has 2 aromatic rings. The molecule has 0 aromatic heterocycles. The summed E-state index contributed by atoms with van der Waals surface area (Å²) in [7, 11) is 3.03. The van der Waals surface area contributed by atoms with Gasteiger partial charge in [0.05, 0.1) is 31.3 Å².